The molecule has 1 aromatic carbocycles. The molecule has 2 aliphatic heterocycles. The van der Waals surface area contributed by atoms with Crippen molar-refractivity contribution in [2.75, 3.05) is 37.8 Å². The lowest BCUT2D eigenvalue weighted by atomic mass is 10.1. The number of anilines is 1. The van der Waals surface area contributed by atoms with Crippen molar-refractivity contribution in [1.29, 1.82) is 0 Å². The number of fused-ring (bicyclic) bond motifs is 1. The number of thioether (sulfide) groups is 1. The third-order valence-electron chi connectivity index (χ3n) is 4.27. The Morgan fingerprint density at radius 1 is 1.12 bits per heavy atom. The van der Waals surface area contributed by atoms with Crippen LogP contribution < -0.4 is 9.64 Å². The molecule has 2 aromatic rings. The van der Waals surface area contributed by atoms with Crippen molar-refractivity contribution in [3.05, 3.63) is 47.1 Å². The Hall–Kier alpha value is -1.43. The van der Waals surface area contributed by atoms with Crippen LogP contribution in [-0.2, 0) is 4.74 Å². The molecule has 1 atom stereocenters. The molecule has 0 amide bonds. The van der Waals surface area contributed by atoms with Crippen LogP contribution in [0.15, 0.2) is 41.3 Å². The van der Waals surface area contributed by atoms with Crippen LogP contribution in [0.4, 0.5) is 5.82 Å². The number of benzene rings is 1. The lowest BCUT2D eigenvalue weighted by Gasteiger charge is -2.29. The first kappa shape index (κ1) is 16.1. The van der Waals surface area contributed by atoms with Crippen LogP contribution in [0.2, 0.25) is 5.15 Å². The number of hydrogen-bond acceptors (Lipinski definition) is 5. The van der Waals surface area contributed by atoms with Gasteiger partial charge in [0.1, 0.15) is 16.7 Å². The second kappa shape index (κ2) is 7.21. The number of para-hydroxylation sites is 1. The van der Waals surface area contributed by atoms with Gasteiger partial charge in [-0.2, -0.15) is 0 Å². The van der Waals surface area contributed by atoms with Crippen LogP contribution in [-0.4, -0.2) is 37.9 Å². The summed E-state index contributed by atoms with van der Waals surface area (Å²) in [5.41, 5.74) is 1.26. The fourth-order valence-electron chi connectivity index (χ4n) is 3.08. The molecule has 0 aliphatic carbocycles. The first-order chi connectivity index (χ1) is 11.8. The highest BCUT2D eigenvalue weighted by atomic mass is 35.5. The largest absolute Gasteiger partial charge is 0.493 e. The van der Waals surface area contributed by atoms with Crippen molar-refractivity contribution in [3.8, 4) is 5.75 Å². The van der Waals surface area contributed by atoms with Gasteiger partial charge in [0.15, 0.2) is 0 Å². The number of pyridine rings is 1. The molecular weight excluding hydrogens is 344 g/mol. The number of ether oxygens (including phenoxy) is 2. The SMILES string of the molecule is Clc1cc(SC2CCOc3ccccc32)cc(N2CCOCC2)n1. The average molecular weight is 363 g/mol. The maximum absolute atomic E-state index is 6.28. The van der Waals surface area contributed by atoms with E-state index >= 15 is 0 Å². The van der Waals surface area contributed by atoms with Crippen LogP contribution in [0.25, 0.3) is 0 Å². The summed E-state index contributed by atoms with van der Waals surface area (Å²) in [5.74, 6) is 1.93. The minimum Gasteiger partial charge on any atom is -0.493 e. The quantitative estimate of drug-likeness (QED) is 0.765. The minimum absolute atomic E-state index is 0.381. The lowest BCUT2D eigenvalue weighted by molar-refractivity contribution is 0.122. The van der Waals surface area contributed by atoms with E-state index in [1.807, 2.05) is 30.0 Å². The van der Waals surface area contributed by atoms with Gasteiger partial charge in [0.05, 0.1) is 19.8 Å². The average Bonchev–Trinajstić information content (AvgIpc) is 2.62. The molecule has 1 fully saturated rings. The zero-order chi connectivity index (χ0) is 16.4. The molecule has 1 aromatic heterocycles. The van der Waals surface area contributed by atoms with Gasteiger partial charge in [-0.3, -0.25) is 0 Å². The smallest absolute Gasteiger partial charge is 0.132 e. The Kier molecular flexibility index (Phi) is 4.83. The first-order valence-electron chi connectivity index (χ1n) is 8.18. The standard InChI is InChI=1S/C18H19ClN2O2S/c19-17-11-13(12-18(20-17)21-6-9-22-10-7-21)24-16-5-8-23-15-4-2-1-3-14(15)16/h1-4,11-12,16H,5-10H2. The van der Waals surface area contributed by atoms with Gasteiger partial charge in [-0.25, -0.2) is 4.98 Å². The molecule has 6 heteroatoms. The zero-order valence-electron chi connectivity index (χ0n) is 13.3. The van der Waals surface area contributed by atoms with Gasteiger partial charge in [0, 0.05) is 28.8 Å². The van der Waals surface area contributed by atoms with Crippen LogP contribution in [0.5, 0.6) is 5.75 Å². The summed E-state index contributed by atoms with van der Waals surface area (Å²) < 4.78 is 11.2. The Bertz CT molecular complexity index is 722. The third-order valence-corrected chi connectivity index (χ3v) is 5.75. The summed E-state index contributed by atoms with van der Waals surface area (Å²) in [6, 6.07) is 12.4. The Morgan fingerprint density at radius 3 is 2.83 bits per heavy atom. The van der Waals surface area contributed by atoms with E-state index in [4.69, 9.17) is 21.1 Å². The summed E-state index contributed by atoms with van der Waals surface area (Å²) >= 11 is 8.12. The first-order valence-corrected chi connectivity index (χ1v) is 9.44. The molecule has 1 unspecified atom stereocenters. The van der Waals surface area contributed by atoms with Gasteiger partial charge in [-0.15, -0.1) is 11.8 Å². The number of halogens is 1. The van der Waals surface area contributed by atoms with Crippen LogP contribution in [0.3, 0.4) is 0 Å². The molecule has 2 aliphatic rings. The summed E-state index contributed by atoms with van der Waals surface area (Å²) in [6.45, 7) is 3.95. The Morgan fingerprint density at radius 2 is 1.96 bits per heavy atom. The van der Waals surface area contributed by atoms with E-state index < -0.39 is 0 Å². The van der Waals surface area contributed by atoms with E-state index in [9.17, 15) is 0 Å². The fraction of sp³-hybridized carbons (Fsp3) is 0.389. The van der Waals surface area contributed by atoms with E-state index in [2.05, 4.69) is 28.1 Å². The summed E-state index contributed by atoms with van der Waals surface area (Å²) in [4.78, 5) is 7.88. The molecular formula is C18H19ClN2O2S. The van der Waals surface area contributed by atoms with Gasteiger partial charge in [0.2, 0.25) is 0 Å². The predicted octanol–water partition coefficient (Wildman–Crippen LogP) is 4.19. The predicted molar refractivity (Wildman–Crippen MR) is 97.4 cm³/mol. The molecule has 0 N–H and O–H groups in total. The number of aromatic nitrogens is 1. The summed E-state index contributed by atoms with van der Waals surface area (Å²) in [6.07, 6.45) is 0.995. The highest BCUT2D eigenvalue weighted by Crippen LogP contribution is 2.44. The normalized spacial score (nSPS) is 20.4. The molecule has 0 saturated carbocycles. The molecule has 4 rings (SSSR count). The molecule has 3 heterocycles. The van der Waals surface area contributed by atoms with Gasteiger partial charge in [-0.05, 0) is 24.6 Å². The van der Waals surface area contributed by atoms with E-state index in [0.29, 0.717) is 10.4 Å². The van der Waals surface area contributed by atoms with Gasteiger partial charge in [0.25, 0.3) is 0 Å². The lowest BCUT2D eigenvalue weighted by Crippen LogP contribution is -2.36. The highest BCUT2D eigenvalue weighted by molar-refractivity contribution is 7.99. The van der Waals surface area contributed by atoms with Gasteiger partial charge < -0.3 is 14.4 Å². The van der Waals surface area contributed by atoms with E-state index in [0.717, 1.165) is 55.8 Å². The molecule has 0 spiro atoms. The Balaban J connectivity index is 1.58. The molecule has 1 saturated heterocycles. The number of nitrogens with zero attached hydrogens (tertiary/aromatic N) is 2. The highest BCUT2D eigenvalue weighted by Gasteiger charge is 2.23. The second-order valence-electron chi connectivity index (χ2n) is 5.86. The number of morpholine rings is 1. The fourth-order valence-corrected chi connectivity index (χ4v) is 4.57. The number of hydrogen-bond donors (Lipinski definition) is 0. The van der Waals surface area contributed by atoms with Crippen LogP contribution in [0.1, 0.15) is 17.2 Å². The monoisotopic (exact) mass is 362 g/mol. The maximum Gasteiger partial charge on any atom is 0.132 e. The zero-order valence-corrected chi connectivity index (χ0v) is 14.9. The third kappa shape index (κ3) is 3.48. The van der Waals surface area contributed by atoms with Crippen LogP contribution >= 0.6 is 23.4 Å². The summed E-state index contributed by atoms with van der Waals surface area (Å²) in [5, 5.41) is 0.924. The van der Waals surface area contributed by atoms with Crippen molar-refractivity contribution in [3.63, 3.8) is 0 Å². The Labute approximate surface area is 151 Å². The van der Waals surface area contributed by atoms with Crippen molar-refractivity contribution >= 4 is 29.2 Å². The topological polar surface area (TPSA) is 34.6 Å². The van der Waals surface area contributed by atoms with Gasteiger partial charge >= 0.3 is 0 Å². The molecule has 24 heavy (non-hydrogen) atoms. The van der Waals surface area contributed by atoms with Crippen molar-refractivity contribution in [1.82, 2.24) is 4.98 Å². The van der Waals surface area contributed by atoms with Gasteiger partial charge in [-0.1, -0.05) is 29.8 Å². The van der Waals surface area contributed by atoms with E-state index in [1.54, 1.807) is 0 Å². The van der Waals surface area contributed by atoms with Crippen molar-refractivity contribution in [2.24, 2.45) is 0 Å². The second-order valence-corrected chi connectivity index (χ2v) is 7.53. The van der Waals surface area contributed by atoms with Crippen LogP contribution in [0, 0.1) is 0 Å². The van der Waals surface area contributed by atoms with E-state index in [1.165, 1.54) is 5.56 Å². The molecule has 126 valence electrons. The number of rotatable bonds is 3. The molecule has 0 bridgehead atoms. The maximum atomic E-state index is 6.28. The van der Waals surface area contributed by atoms with Crippen molar-refractivity contribution in [2.45, 2.75) is 16.6 Å². The van der Waals surface area contributed by atoms with E-state index in [-0.39, 0.29) is 0 Å². The molecule has 4 nitrogen and oxygen atoms in total. The molecule has 0 radical (unpaired) electrons. The summed E-state index contributed by atoms with van der Waals surface area (Å²) in [7, 11) is 0. The van der Waals surface area contributed by atoms with Crippen molar-refractivity contribution < 1.29 is 9.47 Å². The minimum atomic E-state index is 0.381.